The fraction of sp³-hybridized carbons (Fsp3) is 0. The molecule has 2 heterocycles. The minimum absolute atomic E-state index is 0.0263. The molecule has 10 nitrogen and oxygen atoms in total. The lowest BCUT2D eigenvalue weighted by molar-refractivity contribution is -0.385. The van der Waals surface area contributed by atoms with E-state index in [1.165, 1.54) is 24.3 Å². The summed E-state index contributed by atoms with van der Waals surface area (Å²) in [6.45, 7) is 0. The minimum Gasteiger partial charge on any atom is -0.337 e. The number of H-pyrrole nitrogens is 2. The third kappa shape index (κ3) is 6.96. The summed E-state index contributed by atoms with van der Waals surface area (Å²) in [5.41, 5.74) is 8.68. The summed E-state index contributed by atoms with van der Waals surface area (Å²) in [6, 6.07) is 49.1. The molecular weight excluding hydrogens is 685 g/mol. The molecule has 0 amide bonds. The van der Waals surface area contributed by atoms with Crippen LogP contribution in [-0.2, 0) is 0 Å². The van der Waals surface area contributed by atoms with Crippen LogP contribution >= 0.6 is 11.8 Å². The zero-order valence-electron chi connectivity index (χ0n) is 27.8. The SMILES string of the molecule is O=[N+]([O-])c1ccc(-c2nc(-c3ccc(Sc4ccc(-c5[nH]c(-c6ccc([N+](=O)[O-])cc6)nc5-c5ccccc5)cc4)cc3)c(-c3ccccc3)[nH]2)cc1. The Bertz CT molecular complexity index is 2370. The highest BCUT2D eigenvalue weighted by molar-refractivity contribution is 7.99. The summed E-state index contributed by atoms with van der Waals surface area (Å²) < 4.78 is 0. The van der Waals surface area contributed by atoms with Crippen LogP contribution in [-0.4, -0.2) is 29.8 Å². The van der Waals surface area contributed by atoms with Crippen molar-refractivity contribution in [3.05, 3.63) is 178 Å². The fourth-order valence-electron chi connectivity index (χ4n) is 6.04. The zero-order chi connectivity index (χ0) is 36.3. The van der Waals surface area contributed by atoms with Crippen LogP contribution in [0.25, 0.3) is 67.8 Å². The number of non-ortho nitro benzene ring substituents is 2. The molecule has 6 aromatic carbocycles. The number of nitrogens with zero attached hydrogens (tertiary/aromatic N) is 4. The Hall–Kier alpha value is -7.11. The van der Waals surface area contributed by atoms with Gasteiger partial charge in [0.1, 0.15) is 11.6 Å². The molecule has 0 atom stereocenters. The molecule has 8 rings (SSSR count). The summed E-state index contributed by atoms with van der Waals surface area (Å²) in [4.78, 5) is 40.4. The van der Waals surface area contributed by atoms with Gasteiger partial charge in [-0.25, -0.2) is 9.97 Å². The van der Waals surface area contributed by atoms with E-state index >= 15 is 0 Å². The number of hydrogen-bond acceptors (Lipinski definition) is 7. The van der Waals surface area contributed by atoms with E-state index in [1.807, 2.05) is 60.7 Å². The first-order chi connectivity index (χ1) is 25.9. The number of hydrogen-bond donors (Lipinski definition) is 2. The van der Waals surface area contributed by atoms with Crippen molar-refractivity contribution in [2.24, 2.45) is 0 Å². The second-order valence-corrected chi connectivity index (χ2v) is 13.3. The minimum atomic E-state index is -0.414. The molecular formula is C42H28N6O4S. The van der Waals surface area contributed by atoms with Crippen LogP contribution in [0.1, 0.15) is 0 Å². The predicted octanol–water partition coefficient (Wildman–Crippen LogP) is 11.1. The number of benzene rings is 6. The molecule has 11 heteroatoms. The van der Waals surface area contributed by atoms with E-state index < -0.39 is 9.85 Å². The molecule has 0 aliphatic rings. The number of imidazole rings is 2. The van der Waals surface area contributed by atoms with Gasteiger partial charge in [-0.2, -0.15) is 0 Å². The largest absolute Gasteiger partial charge is 0.337 e. The van der Waals surface area contributed by atoms with Crippen molar-refractivity contribution < 1.29 is 9.85 Å². The average molecular weight is 713 g/mol. The van der Waals surface area contributed by atoms with Crippen LogP contribution < -0.4 is 0 Å². The van der Waals surface area contributed by atoms with Gasteiger partial charge in [0.2, 0.25) is 0 Å². The van der Waals surface area contributed by atoms with Gasteiger partial charge >= 0.3 is 0 Å². The van der Waals surface area contributed by atoms with Crippen molar-refractivity contribution in [1.29, 1.82) is 0 Å². The van der Waals surface area contributed by atoms with Gasteiger partial charge < -0.3 is 9.97 Å². The van der Waals surface area contributed by atoms with Gasteiger partial charge in [-0.3, -0.25) is 20.2 Å². The summed E-state index contributed by atoms with van der Waals surface area (Å²) in [5.74, 6) is 1.25. The molecule has 0 unspecified atom stereocenters. The van der Waals surface area contributed by atoms with Crippen LogP contribution in [0, 0.1) is 20.2 Å². The molecule has 0 fully saturated rings. The van der Waals surface area contributed by atoms with Crippen LogP contribution in [0.5, 0.6) is 0 Å². The summed E-state index contributed by atoms with van der Waals surface area (Å²) in [6.07, 6.45) is 0. The van der Waals surface area contributed by atoms with E-state index in [9.17, 15) is 20.2 Å². The molecule has 0 saturated carbocycles. The van der Waals surface area contributed by atoms with E-state index in [1.54, 1.807) is 36.0 Å². The van der Waals surface area contributed by atoms with Crippen molar-refractivity contribution in [1.82, 2.24) is 19.9 Å². The van der Waals surface area contributed by atoms with Gasteiger partial charge in [-0.1, -0.05) is 96.7 Å². The van der Waals surface area contributed by atoms with E-state index in [-0.39, 0.29) is 11.4 Å². The Morgan fingerprint density at radius 3 is 1.17 bits per heavy atom. The highest BCUT2D eigenvalue weighted by atomic mass is 32.2. The molecule has 0 aliphatic carbocycles. The quantitative estimate of drug-likeness (QED) is 0.106. The second kappa shape index (κ2) is 14.3. The van der Waals surface area contributed by atoms with Crippen molar-refractivity contribution in [3.8, 4) is 67.8 Å². The molecule has 0 aliphatic heterocycles. The number of aromatic nitrogens is 4. The Morgan fingerprint density at radius 1 is 0.415 bits per heavy atom. The monoisotopic (exact) mass is 712 g/mol. The maximum absolute atomic E-state index is 11.2. The number of aromatic amines is 2. The second-order valence-electron chi connectivity index (χ2n) is 12.1. The fourth-order valence-corrected chi connectivity index (χ4v) is 6.86. The number of nitro benzene ring substituents is 2. The molecule has 256 valence electrons. The predicted molar refractivity (Wildman–Crippen MR) is 207 cm³/mol. The summed E-state index contributed by atoms with van der Waals surface area (Å²) in [7, 11) is 0. The number of rotatable bonds is 10. The first-order valence-corrected chi connectivity index (χ1v) is 17.4. The van der Waals surface area contributed by atoms with Crippen molar-refractivity contribution in [3.63, 3.8) is 0 Å². The lowest BCUT2D eigenvalue weighted by Crippen LogP contribution is -1.88. The topological polar surface area (TPSA) is 144 Å². The molecule has 0 radical (unpaired) electrons. The van der Waals surface area contributed by atoms with Gasteiger partial charge in [0, 0.05) is 67.4 Å². The summed E-state index contributed by atoms with van der Waals surface area (Å²) >= 11 is 1.64. The molecule has 8 aromatic rings. The first kappa shape index (κ1) is 33.1. The molecule has 2 N–H and O–H groups in total. The Balaban J connectivity index is 1.05. The highest BCUT2D eigenvalue weighted by Crippen LogP contribution is 2.38. The number of nitrogens with one attached hydrogen (secondary N) is 2. The Morgan fingerprint density at radius 2 is 0.755 bits per heavy atom. The number of nitro groups is 2. The van der Waals surface area contributed by atoms with Crippen molar-refractivity contribution >= 4 is 23.1 Å². The lowest BCUT2D eigenvalue weighted by Gasteiger charge is -2.07. The van der Waals surface area contributed by atoms with Crippen molar-refractivity contribution in [2.45, 2.75) is 9.79 Å². The van der Waals surface area contributed by atoms with E-state index in [4.69, 9.17) is 9.97 Å². The third-order valence-electron chi connectivity index (χ3n) is 8.73. The lowest BCUT2D eigenvalue weighted by atomic mass is 10.1. The standard InChI is InChI=1S/C42H28N6O4S/c49-47(50)33-19-11-31(12-20-33)41-43-37(27-7-3-1-4-8-27)39(45-41)29-15-23-35(24-16-29)53-36-25-17-30(18-26-36)40-38(28-9-5-2-6-10-28)44-42(46-40)32-13-21-34(22-14-32)48(51)52/h1-26H,(H,43,45)(H,44,46). The van der Waals surface area contributed by atoms with Gasteiger partial charge in [-0.05, 0) is 48.5 Å². The van der Waals surface area contributed by atoms with E-state index in [0.29, 0.717) is 11.6 Å². The Kier molecular flexibility index (Phi) is 8.89. The highest BCUT2D eigenvalue weighted by Gasteiger charge is 2.18. The molecule has 2 aromatic heterocycles. The summed E-state index contributed by atoms with van der Waals surface area (Å²) in [5, 5.41) is 22.4. The van der Waals surface area contributed by atoms with Crippen molar-refractivity contribution in [2.75, 3.05) is 0 Å². The van der Waals surface area contributed by atoms with Gasteiger partial charge in [-0.15, -0.1) is 0 Å². The van der Waals surface area contributed by atoms with Crippen LogP contribution in [0.4, 0.5) is 11.4 Å². The zero-order valence-corrected chi connectivity index (χ0v) is 28.7. The molecule has 0 spiro atoms. The van der Waals surface area contributed by atoms with Gasteiger partial charge in [0.05, 0.1) is 32.6 Å². The maximum atomic E-state index is 11.2. The van der Waals surface area contributed by atoms with Crippen LogP contribution in [0.2, 0.25) is 0 Å². The Labute approximate surface area is 307 Å². The third-order valence-corrected chi connectivity index (χ3v) is 9.74. The average Bonchev–Trinajstić information content (AvgIpc) is 3.86. The molecule has 0 bridgehead atoms. The van der Waals surface area contributed by atoms with Gasteiger partial charge in [0.15, 0.2) is 0 Å². The first-order valence-electron chi connectivity index (χ1n) is 16.6. The normalized spacial score (nSPS) is 11.0. The van der Waals surface area contributed by atoms with Crippen LogP contribution in [0.15, 0.2) is 168 Å². The smallest absolute Gasteiger partial charge is 0.269 e. The van der Waals surface area contributed by atoms with Gasteiger partial charge in [0.25, 0.3) is 11.4 Å². The van der Waals surface area contributed by atoms with E-state index in [0.717, 1.165) is 65.9 Å². The maximum Gasteiger partial charge on any atom is 0.269 e. The van der Waals surface area contributed by atoms with E-state index in [2.05, 4.69) is 58.5 Å². The molecule has 53 heavy (non-hydrogen) atoms. The molecule has 0 saturated heterocycles. The van der Waals surface area contributed by atoms with Crippen LogP contribution in [0.3, 0.4) is 0 Å².